The van der Waals surface area contributed by atoms with Gasteiger partial charge in [-0.25, -0.2) is 4.68 Å². The van der Waals surface area contributed by atoms with Gasteiger partial charge in [0.15, 0.2) is 6.29 Å². The third-order valence-corrected chi connectivity index (χ3v) is 3.56. The number of amides is 2. The second-order valence-electron chi connectivity index (χ2n) is 5.14. The van der Waals surface area contributed by atoms with E-state index in [1.165, 1.54) is 36.3 Å². The molecule has 0 aliphatic carbocycles. The summed E-state index contributed by atoms with van der Waals surface area (Å²) in [6.45, 7) is 0. The zero-order valence-corrected chi connectivity index (χ0v) is 13.7. The van der Waals surface area contributed by atoms with Crippen molar-refractivity contribution in [2.75, 3.05) is 12.4 Å². The second kappa shape index (κ2) is 7.34. The first-order chi connectivity index (χ1) is 12.6. The van der Waals surface area contributed by atoms with Crippen LogP contribution in [0.15, 0.2) is 49.1 Å². The number of nitrogens with one attached hydrogen (secondary N) is 2. The molecule has 3 rings (SSSR count). The van der Waals surface area contributed by atoms with Crippen molar-refractivity contribution in [2.45, 2.75) is 0 Å². The number of hydrogen-bond donors (Lipinski definition) is 2. The fraction of sp³-hybridized carbons (Fsp3) is 0.0588. The summed E-state index contributed by atoms with van der Waals surface area (Å²) in [5.74, 6) is -0.895. The van der Waals surface area contributed by atoms with Crippen LogP contribution >= 0.6 is 0 Å². The van der Waals surface area contributed by atoms with E-state index in [9.17, 15) is 14.4 Å². The van der Waals surface area contributed by atoms with Gasteiger partial charge in [0.1, 0.15) is 11.4 Å². The topological polar surface area (TPSA) is 119 Å². The number of carbonyl (C=O) groups excluding carboxylic acids is 3. The predicted octanol–water partition coefficient (Wildman–Crippen LogP) is 1.09. The number of pyridine rings is 2. The summed E-state index contributed by atoms with van der Waals surface area (Å²) in [5.41, 5.74) is 1.41. The molecule has 0 aliphatic heterocycles. The quantitative estimate of drug-likeness (QED) is 0.665. The van der Waals surface area contributed by atoms with E-state index in [1.807, 2.05) is 0 Å². The van der Waals surface area contributed by atoms with Crippen LogP contribution < -0.4 is 10.6 Å². The fourth-order valence-corrected chi connectivity index (χ4v) is 2.28. The molecule has 0 spiro atoms. The van der Waals surface area contributed by atoms with Crippen molar-refractivity contribution in [1.82, 2.24) is 25.1 Å². The van der Waals surface area contributed by atoms with Gasteiger partial charge in [-0.3, -0.25) is 24.4 Å². The highest BCUT2D eigenvalue weighted by atomic mass is 16.2. The molecule has 2 N–H and O–H groups in total. The van der Waals surface area contributed by atoms with Crippen LogP contribution in [0.1, 0.15) is 31.3 Å². The Balaban J connectivity index is 1.88. The lowest BCUT2D eigenvalue weighted by molar-refractivity contribution is 0.0958. The number of rotatable bonds is 5. The SMILES string of the molecule is CNC(=O)c1cc(C(=O)Nc2cnn(-c3ccncc3)c2C=O)ccn1. The molecule has 3 aromatic heterocycles. The van der Waals surface area contributed by atoms with Crippen molar-refractivity contribution in [3.8, 4) is 5.69 Å². The van der Waals surface area contributed by atoms with E-state index in [0.29, 0.717) is 12.0 Å². The number of carbonyl (C=O) groups is 3. The minimum atomic E-state index is -0.491. The Morgan fingerprint density at radius 1 is 1.12 bits per heavy atom. The van der Waals surface area contributed by atoms with Gasteiger partial charge in [0.25, 0.3) is 11.8 Å². The second-order valence-corrected chi connectivity index (χ2v) is 5.14. The summed E-state index contributed by atoms with van der Waals surface area (Å²) in [6.07, 6.45) is 6.48. The van der Waals surface area contributed by atoms with Crippen molar-refractivity contribution < 1.29 is 14.4 Å². The van der Waals surface area contributed by atoms with E-state index in [-0.39, 0.29) is 22.6 Å². The number of nitrogens with zero attached hydrogens (tertiary/aromatic N) is 4. The van der Waals surface area contributed by atoms with E-state index in [2.05, 4.69) is 25.7 Å². The first-order valence-corrected chi connectivity index (χ1v) is 7.57. The number of anilines is 1. The number of hydrogen-bond acceptors (Lipinski definition) is 6. The fourth-order valence-electron chi connectivity index (χ4n) is 2.28. The highest BCUT2D eigenvalue weighted by Gasteiger charge is 2.16. The van der Waals surface area contributed by atoms with Crippen LogP contribution in [0.3, 0.4) is 0 Å². The van der Waals surface area contributed by atoms with Gasteiger partial charge in [-0.1, -0.05) is 0 Å². The molecule has 130 valence electrons. The zero-order valence-electron chi connectivity index (χ0n) is 13.7. The Bertz CT molecular complexity index is 968. The largest absolute Gasteiger partial charge is 0.354 e. The van der Waals surface area contributed by atoms with Crippen LogP contribution in [0, 0.1) is 0 Å². The van der Waals surface area contributed by atoms with E-state index >= 15 is 0 Å². The van der Waals surface area contributed by atoms with E-state index in [0.717, 1.165) is 0 Å². The predicted molar refractivity (Wildman–Crippen MR) is 92.3 cm³/mol. The molecular formula is C17H14N6O3. The summed E-state index contributed by atoms with van der Waals surface area (Å²) >= 11 is 0. The van der Waals surface area contributed by atoms with Crippen LogP contribution in [0.2, 0.25) is 0 Å². The maximum Gasteiger partial charge on any atom is 0.269 e. The van der Waals surface area contributed by atoms with Crippen molar-refractivity contribution in [1.29, 1.82) is 0 Å². The van der Waals surface area contributed by atoms with Crippen molar-refractivity contribution in [2.24, 2.45) is 0 Å². The number of aldehydes is 1. The first kappa shape index (κ1) is 17.0. The monoisotopic (exact) mass is 350 g/mol. The molecular weight excluding hydrogens is 336 g/mol. The highest BCUT2D eigenvalue weighted by molar-refractivity contribution is 6.07. The third kappa shape index (κ3) is 3.31. The first-order valence-electron chi connectivity index (χ1n) is 7.57. The van der Waals surface area contributed by atoms with Crippen LogP contribution in [0.5, 0.6) is 0 Å². The molecule has 0 aliphatic rings. The van der Waals surface area contributed by atoms with Crippen LogP contribution in [0.4, 0.5) is 5.69 Å². The van der Waals surface area contributed by atoms with Gasteiger partial charge in [0.2, 0.25) is 0 Å². The molecule has 0 atom stereocenters. The lowest BCUT2D eigenvalue weighted by atomic mass is 10.2. The van der Waals surface area contributed by atoms with E-state index in [4.69, 9.17) is 0 Å². The standard InChI is InChI=1S/C17H14N6O3/c1-18-17(26)13-8-11(2-7-20-13)16(25)22-14-9-21-23(15(14)10-24)12-3-5-19-6-4-12/h2-10H,1H3,(H,18,26)(H,22,25). The molecule has 0 saturated carbocycles. The normalized spacial score (nSPS) is 10.2. The van der Waals surface area contributed by atoms with Crippen LogP contribution in [-0.4, -0.2) is 44.9 Å². The summed E-state index contributed by atoms with van der Waals surface area (Å²) in [4.78, 5) is 43.4. The van der Waals surface area contributed by atoms with Crippen LogP contribution in [-0.2, 0) is 0 Å². The molecule has 0 aromatic carbocycles. The summed E-state index contributed by atoms with van der Waals surface area (Å²) in [7, 11) is 1.47. The Morgan fingerprint density at radius 3 is 2.58 bits per heavy atom. The van der Waals surface area contributed by atoms with E-state index < -0.39 is 11.8 Å². The van der Waals surface area contributed by atoms with Crippen molar-refractivity contribution in [3.05, 3.63) is 66.0 Å². The summed E-state index contributed by atoms with van der Waals surface area (Å²) < 4.78 is 1.40. The highest BCUT2D eigenvalue weighted by Crippen LogP contribution is 2.18. The molecule has 0 bridgehead atoms. The smallest absolute Gasteiger partial charge is 0.269 e. The molecule has 2 amide bonds. The lowest BCUT2D eigenvalue weighted by Crippen LogP contribution is -2.20. The molecule has 0 fully saturated rings. The zero-order chi connectivity index (χ0) is 18.5. The average molecular weight is 350 g/mol. The van der Waals surface area contributed by atoms with Gasteiger partial charge in [0.05, 0.1) is 17.6 Å². The Kier molecular flexibility index (Phi) is 4.79. The Hall–Kier alpha value is -3.88. The van der Waals surface area contributed by atoms with Gasteiger partial charge in [-0.05, 0) is 24.3 Å². The summed E-state index contributed by atoms with van der Waals surface area (Å²) in [6, 6.07) is 6.20. The summed E-state index contributed by atoms with van der Waals surface area (Å²) in [5, 5.41) is 9.19. The van der Waals surface area contributed by atoms with Gasteiger partial charge in [-0.2, -0.15) is 5.10 Å². The maximum atomic E-state index is 12.5. The van der Waals surface area contributed by atoms with Crippen molar-refractivity contribution >= 4 is 23.8 Å². The lowest BCUT2D eigenvalue weighted by Gasteiger charge is -2.06. The van der Waals surface area contributed by atoms with Crippen molar-refractivity contribution in [3.63, 3.8) is 0 Å². The Morgan fingerprint density at radius 2 is 1.88 bits per heavy atom. The molecule has 3 aromatic rings. The minimum absolute atomic E-state index is 0.114. The molecule has 9 heteroatoms. The molecule has 0 unspecified atom stereocenters. The molecule has 9 nitrogen and oxygen atoms in total. The van der Waals surface area contributed by atoms with Gasteiger partial charge < -0.3 is 10.6 Å². The van der Waals surface area contributed by atoms with Crippen LogP contribution in [0.25, 0.3) is 5.69 Å². The molecule has 0 radical (unpaired) electrons. The van der Waals surface area contributed by atoms with Gasteiger partial charge in [0, 0.05) is 31.2 Å². The average Bonchev–Trinajstić information content (AvgIpc) is 3.10. The van der Waals surface area contributed by atoms with E-state index in [1.54, 1.807) is 24.5 Å². The van der Waals surface area contributed by atoms with Gasteiger partial charge in [-0.15, -0.1) is 0 Å². The Labute approximate surface area is 148 Å². The minimum Gasteiger partial charge on any atom is -0.354 e. The van der Waals surface area contributed by atoms with Gasteiger partial charge >= 0.3 is 0 Å². The molecule has 0 saturated heterocycles. The third-order valence-electron chi connectivity index (χ3n) is 3.56. The molecule has 26 heavy (non-hydrogen) atoms. The maximum absolute atomic E-state index is 12.5. The number of aromatic nitrogens is 4. The molecule has 3 heterocycles.